The van der Waals surface area contributed by atoms with Crippen LogP contribution in [0, 0.1) is 6.92 Å². The minimum atomic E-state index is -0.885. The summed E-state index contributed by atoms with van der Waals surface area (Å²) in [5.74, 6) is -0.885. The number of allylic oxidation sites excluding steroid dienone is 1. The van der Waals surface area contributed by atoms with Gasteiger partial charge in [-0.2, -0.15) is 5.10 Å². The summed E-state index contributed by atoms with van der Waals surface area (Å²) in [6.07, 6.45) is 3.45. The van der Waals surface area contributed by atoms with Gasteiger partial charge < -0.3 is 5.11 Å². The third-order valence-electron chi connectivity index (χ3n) is 1.70. The van der Waals surface area contributed by atoms with Crippen molar-refractivity contribution in [3.05, 3.63) is 29.6 Å². The average molecular weight is 180 g/mol. The minimum Gasteiger partial charge on any atom is -0.478 e. The topological polar surface area (TPSA) is 55.1 Å². The maximum atomic E-state index is 10.4. The zero-order valence-corrected chi connectivity index (χ0v) is 7.69. The third kappa shape index (κ3) is 2.74. The first-order valence-corrected chi connectivity index (χ1v) is 3.99. The van der Waals surface area contributed by atoms with Crippen molar-refractivity contribution in [2.24, 2.45) is 0 Å². The van der Waals surface area contributed by atoms with Crippen molar-refractivity contribution in [2.45, 2.75) is 20.4 Å². The van der Waals surface area contributed by atoms with E-state index in [1.165, 1.54) is 0 Å². The first-order chi connectivity index (χ1) is 6.09. The monoisotopic (exact) mass is 180 g/mol. The molecule has 4 heteroatoms. The van der Waals surface area contributed by atoms with Gasteiger partial charge in [0.15, 0.2) is 0 Å². The number of hydrogen-bond donors (Lipinski definition) is 1. The molecule has 0 aliphatic rings. The summed E-state index contributed by atoms with van der Waals surface area (Å²) in [5.41, 5.74) is 1.27. The molecule has 0 saturated heterocycles. The minimum absolute atomic E-state index is 0.341. The van der Waals surface area contributed by atoms with Gasteiger partial charge in [-0.15, -0.1) is 0 Å². The molecular weight excluding hydrogens is 168 g/mol. The summed E-state index contributed by atoms with van der Waals surface area (Å²) >= 11 is 0. The Hall–Kier alpha value is -1.58. The molecule has 1 aromatic rings. The van der Waals surface area contributed by atoms with Crippen LogP contribution in [0.5, 0.6) is 0 Å². The highest BCUT2D eigenvalue weighted by Crippen LogP contribution is 1.96. The molecule has 0 spiro atoms. The summed E-state index contributed by atoms with van der Waals surface area (Å²) in [6.45, 7) is 3.97. The molecule has 1 heterocycles. The van der Waals surface area contributed by atoms with Crippen molar-refractivity contribution >= 4 is 5.97 Å². The fraction of sp³-hybridized carbons (Fsp3) is 0.333. The Morgan fingerprint density at radius 3 is 2.92 bits per heavy atom. The molecule has 0 unspecified atom stereocenters. The normalized spacial score (nSPS) is 11.7. The van der Waals surface area contributed by atoms with E-state index < -0.39 is 5.97 Å². The van der Waals surface area contributed by atoms with Crippen LogP contribution in [0.2, 0.25) is 0 Å². The smallest absolute Gasteiger partial charge is 0.331 e. The predicted molar refractivity (Wildman–Crippen MR) is 48.4 cm³/mol. The summed E-state index contributed by atoms with van der Waals surface area (Å²) in [5, 5.41) is 12.7. The fourth-order valence-electron chi connectivity index (χ4n) is 0.883. The van der Waals surface area contributed by atoms with Gasteiger partial charge >= 0.3 is 5.97 Å². The second-order valence-corrected chi connectivity index (χ2v) is 2.87. The molecule has 0 amide bonds. The lowest BCUT2D eigenvalue weighted by Gasteiger charge is -1.95. The molecule has 0 aliphatic carbocycles. The summed E-state index contributed by atoms with van der Waals surface area (Å²) in [7, 11) is 0. The van der Waals surface area contributed by atoms with Gasteiger partial charge in [0.05, 0.1) is 12.2 Å². The number of carboxylic acid groups (broad SMARTS) is 1. The van der Waals surface area contributed by atoms with E-state index in [1.807, 2.05) is 19.2 Å². The summed E-state index contributed by atoms with van der Waals surface area (Å²) in [6, 6.07) is 1.88. The quantitative estimate of drug-likeness (QED) is 0.711. The van der Waals surface area contributed by atoms with Crippen LogP contribution >= 0.6 is 0 Å². The number of carboxylic acids is 1. The zero-order chi connectivity index (χ0) is 9.84. The molecule has 0 atom stereocenters. The van der Waals surface area contributed by atoms with Gasteiger partial charge in [0, 0.05) is 11.8 Å². The van der Waals surface area contributed by atoms with Crippen LogP contribution in [0.15, 0.2) is 23.9 Å². The van der Waals surface area contributed by atoms with Crippen molar-refractivity contribution in [1.82, 2.24) is 9.78 Å². The molecule has 1 aromatic heterocycles. The lowest BCUT2D eigenvalue weighted by Crippen LogP contribution is -2.01. The Labute approximate surface area is 76.5 Å². The Kier molecular flexibility index (Phi) is 2.84. The SMILES string of the molecule is CC(=CCn1ccc(C)n1)C(=O)O. The standard InChI is InChI=1S/C9H12N2O2/c1-7(9(12)13)3-5-11-6-4-8(2)10-11/h3-4,6H,5H2,1-2H3,(H,12,13). The first-order valence-electron chi connectivity index (χ1n) is 3.99. The van der Waals surface area contributed by atoms with E-state index in [2.05, 4.69) is 5.10 Å². The van der Waals surface area contributed by atoms with Crippen molar-refractivity contribution in [2.75, 3.05) is 0 Å². The van der Waals surface area contributed by atoms with Crippen molar-refractivity contribution in [3.8, 4) is 0 Å². The summed E-state index contributed by atoms with van der Waals surface area (Å²) in [4.78, 5) is 10.4. The van der Waals surface area contributed by atoms with Crippen LogP contribution in [0.25, 0.3) is 0 Å². The zero-order valence-electron chi connectivity index (χ0n) is 7.69. The van der Waals surface area contributed by atoms with E-state index >= 15 is 0 Å². The van der Waals surface area contributed by atoms with Crippen molar-refractivity contribution in [1.29, 1.82) is 0 Å². The first kappa shape index (κ1) is 9.51. The Morgan fingerprint density at radius 2 is 2.46 bits per heavy atom. The Bertz CT molecular complexity index is 339. The number of nitrogens with zero attached hydrogens (tertiary/aromatic N) is 2. The molecule has 0 saturated carbocycles. The molecule has 0 aliphatic heterocycles. The number of rotatable bonds is 3. The molecule has 70 valence electrons. The predicted octanol–water partition coefficient (Wildman–Crippen LogP) is 1.22. The average Bonchev–Trinajstić information content (AvgIpc) is 2.47. The third-order valence-corrected chi connectivity index (χ3v) is 1.70. The molecular formula is C9H12N2O2. The van der Waals surface area contributed by atoms with Gasteiger partial charge in [-0.1, -0.05) is 6.08 Å². The van der Waals surface area contributed by atoms with Gasteiger partial charge in [-0.3, -0.25) is 4.68 Å². The van der Waals surface area contributed by atoms with Crippen molar-refractivity contribution < 1.29 is 9.90 Å². The van der Waals surface area contributed by atoms with Crippen LogP contribution in [0.3, 0.4) is 0 Å². The van der Waals surface area contributed by atoms with Gasteiger partial charge in [0.2, 0.25) is 0 Å². The maximum absolute atomic E-state index is 10.4. The highest BCUT2D eigenvalue weighted by atomic mass is 16.4. The maximum Gasteiger partial charge on any atom is 0.331 e. The van der Waals surface area contributed by atoms with Gasteiger partial charge in [-0.25, -0.2) is 4.79 Å². The van der Waals surface area contributed by atoms with Crippen molar-refractivity contribution in [3.63, 3.8) is 0 Å². The Morgan fingerprint density at radius 1 is 1.77 bits per heavy atom. The van der Waals surface area contributed by atoms with E-state index in [9.17, 15) is 4.79 Å². The number of aromatic nitrogens is 2. The van der Waals surface area contributed by atoms with E-state index in [1.54, 1.807) is 17.7 Å². The Balaban J connectivity index is 2.61. The highest BCUT2D eigenvalue weighted by molar-refractivity contribution is 5.85. The number of aryl methyl sites for hydroxylation is 1. The van der Waals surface area contributed by atoms with Gasteiger partial charge in [-0.05, 0) is 19.9 Å². The van der Waals surface area contributed by atoms with Crippen LogP contribution in [-0.2, 0) is 11.3 Å². The molecule has 0 bridgehead atoms. The number of carbonyl (C=O) groups is 1. The molecule has 4 nitrogen and oxygen atoms in total. The number of aliphatic carboxylic acids is 1. The van der Waals surface area contributed by atoms with Gasteiger partial charge in [0.1, 0.15) is 0 Å². The fourth-order valence-corrected chi connectivity index (χ4v) is 0.883. The molecule has 1 rings (SSSR count). The van der Waals surface area contributed by atoms with Crippen LogP contribution in [0.1, 0.15) is 12.6 Å². The molecule has 0 aromatic carbocycles. The van der Waals surface area contributed by atoms with Gasteiger partial charge in [0.25, 0.3) is 0 Å². The lowest BCUT2D eigenvalue weighted by molar-refractivity contribution is -0.132. The van der Waals surface area contributed by atoms with E-state index in [4.69, 9.17) is 5.11 Å². The molecule has 13 heavy (non-hydrogen) atoms. The second-order valence-electron chi connectivity index (χ2n) is 2.87. The summed E-state index contributed by atoms with van der Waals surface area (Å²) < 4.78 is 1.70. The largest absolute Gasteiger partial charge is 0.478 e. The highest BCUT2D eigenvalue weighted by Gasteiger charge is 1.98. The molecule has 0 fully saturated rings. The second kappa shape index (κ2) is 3.89. The van der Waals surface area contributed by atoms with Crippen LogP contribution in [-0.4, -0.2) is 20.9 Å². The van der Waals surface area contributed by atoms with Crippen LogP contribution < -0.4 is 0 Å². The van der Waals surface area contributed by atoms with E-state index in [-0.39, 0.29) is 0 Å². The van der Waals surface area contributed by atoms with E-state index in [0.29, 0.717) is 12.1 Å². The van der Waals surface area contributed by atoms with Crippen LogP contribution in [0.4, 0.5) is 0 Å². The lowest BCUT2D eigenvalue weighted by atomic mass is 10.3. The number of hydrogen-bond acceptors (Lipinski definition) is 2. The van der Waals surface area contributed by atoms with E-state index in [0.717, 1.165) is 5.69 Å². The molecule has 1 N–H and O–H groups in total. The molecule has 0 radical (unpaired) electrons.